The van der Waals surface area contributed by atoms with E-state index < -0.39 is 0 Å². The summed E-state index contributed by atoms with van der Waals surface area (Å²) in [5, 5.41) is 0. The fraction of sp³-hybridized carbons (Fsp3) is 0.231. The van der Waals surface area contributed by atoms with Gasteiger partial charge in [0.15, 0.2) is 5.75 Å². The second-order valence-corrected chi connectivity index (χ2v) is 4.05. The summed E-state index contributed by atoms with van der Waals surface area (Å²) in [6.45, 7) is 1.75. The largest absolute Gasteiger partial charge is 0.494 e. The lowest BCUT2D eigenvalue weighted by Crippen LogP contribution is -2.17. The Hall–Kier alpha value is -2.10. The van der Waals surface area contributed by atoms with Crippen molar-refractivity contribution in [2.24, 2.45) is 0 Å². The third-order valence-electron chi connectivity index (χ3n) is 2.97. The molecule has 0 unspecified atom stereocenters. The van der Waals surface area contributed by atoms with E-state index >= 15 is 0 Å². The molecule has 0 spiro atoms. The van der Waals surface area contributed by atoms with Crippen molar-refractivity contribution in [2.75, 3.05) is 12.0 Å². The minimum atomic E-state index is 0.686. The quantitative estimate of drug-likeness (QED) is 0.786. The summed E-state index contributed by atoms with van der Waals surface area (Å²) in [4.78, 5) is 10.8. The summed E-state index contributed by atoms with van der Waals surface area (Å²) in [7, 11) is 1.62. The first kappa shape index (κ1) is 10.1. The molecule has 0 aliphatic carbocycles. The number of nitrogens with zero attached hydrogens (tertiary/aromatic N) is 3. The molecule has 0 radical (unpaired) electrons. The summed E-state index contributed by atoms with van der Waals surface area (Å²) in [6.07, 6.45) is 3.40. The summed E-state index contributed by atoms with van der Waals surface area (Å²) in [5.74, 6) is 1.44. The maximum Gasteiger partial charge on any atom is 0.226 e. The molecule has 0 fully saturated rings. The Labute approximate surface area is 99.9 Å². The van der Waals surface area contributed by atoms with Crippen molar-refractivity contribution in [1.29, 1.82) is 0 Å². The van der Waals surface area contributed by atoms with Crippen LogP contribution in [-0.2, 0) is 13.1 Å². The summed E-state index contributed by atoms with van der Waals surface area (Å²) >= 11 is 0. The molecular weight excluding hydrogens is 214 g/mol. The zero-order valence-corrected chi connectivity index (χ0v) is 9.63. The molecule has 1 aromatic carbocycles. The second kappa shape index (κ2) is 4.05. The molecule has 0 saturated carbocycles. The molecular formula is C13H13N3O. The third kappa shape index (κ3) is 1.82. The van der Waals surface area contributed by atoms with E-state index in [1.54, 1.807) is 19.5 Å². The van der Waals surface area contributed by atoms with Gasteiger partial charge >= 0.3 is 0 Å². The van der Waals surface area contributed by atoms with Gasteiger partial charge in [-0.05, 0) is 11.1 Å². The second-order valence-electron chi connectivity index (χ2n) is 4.05. The van der Waals surface area contributed by atoms with Crippen LogP contribution in [0.4, 0.5) is 5.95 Å². The number of hydrogen-bond donors (Lipinski definition) is 0. The molecule has 1 aliphatic rings. The summed E-state index contributed by atoms with van der Waals surface area (Å²) in [5.41, 5.74) is 2.71. The van der Waals surface area contributed by atoms with E-state index in [0.717, 1.165) is 19.0 Å². The maximum absolute atomic E-state index is 5.05. The lowest BCUT2D eigenvalue weighted by atomic mass is 10.1. The molecule has 17 heavy (non-hydrogen) atoms. The molecule has 0 atom stereocenters. The van der Waals surface area contributed by atoms with Crippen molar-refractivity contribution in [3.63, 3.8) is 0 Å². The zero-order valence-electron chi connectivity index (χ0n) is 9.63. The molecule has 0 saturated heterocycles. The lowest BCUT2D eigenvalue weighted by Gasteiger charge is -2.14. The molecule has 0 N–H and O–H groups in total. The fourth-order valence-corrected chi connectivity index (χ4v) is 2.05. The third-order valence-corrected chi connectivity index (χ3v) is 2.97. The van der Waals surface area contributed by atoms with Crippen LogP contribution in [0.2, 0.25) is 0 Å². The minimum absolute atomic E-state index is 0.686. The number of anilines is 1. The van der Waals surface area contributed by atoms with Crippen molar-refractivity contribution in [3.05, 3.63) is 47.8 Å². The Bertz CT molecular complexity index is 499. The highest BCUT2D eigenvalue weighted by Crippen LogP contribution is 2.25. The highest BCUT2D eigenvalue weighted by atomic mass is 16.5. The highest BCUT2D eigenvalue weighted by molar-refractivity contribution is 5.43. The van der Waals surface area contributed by atoms with E-state index in [1.807, 2.05) is 0 Å². The summed E-state index contributed by atoms with van der Waals surface area (Å²) in [6, 6.07) is 8.44. The van der Waals surface area contributed by atoms with Crippen molar-refractivity contribution in [1.82, 2.24) is 9.97 Å². The van der Waals surface area contributed by atoms with Gasteiger partial charge < -0.3 is 9.64 Å². The number of fused-ring (bicyclic) bond motifs is 1. The Balaban J connectivity index is 1.83. The number of benzene rings is 1. The van der Waals surface area contributed by atoms with Crippen molar-refractivity contribution in [3.8, 4) is 5.75 Å². The fourth-order valence-electron chi connectivity index (χ4n) is 2.05. The maximum atomic E-state index is 5.05. The first-order valence-corrected chi connectivity index (χ1v) is 5.54. The number of hydrogen-bond acceptors (Lipinski definition) is 4. The molecule has 3 rings (SSSR count). The first-order valence-electron chi connectivity index (χ1n) is 5.54. The Morgan fingerprint density at radius 2 is 1.65 bits per heavy atom. The van der Waals surface area contributed by atoms with Crippen LogP contribution in [-0.4, -0.2) is 17.1 Å². The summed E-state index contributed by atoms with van der Waals surface area (Å²) < 4.78 is 5.05. The van der Waals surface area contributed by atoms with Gasteiger partial charge in [-0.3, -0.25) is 0 Å². The van der Waals surface area contributed by atoms with Crippen LogP contribution in [0.25, 0.3) is 0 Å². The van der Waals surface area contributed by atoms with E-state index in [9.17, 15) is 0 Å². The van der Waals surface area contributed by atoms with Gasteiger partial charge in [0, 0.05) is 13.1 Å². The Morgan fingerprint density at radius 3 is 2.18 bits per heavy atom. The van der Waals surface area contributed by atoms with Gasteiger partial charge in [-0.25, -0.2) is 9.97 Å². The predicted octanol–water partition coefficient (Wildman–Crippen LogP) is 2.01. The number of methoxy groups -OCH3 is 1. The van der Waals surface area contributed by atoms with Gasteiger partial charge in [0.25, 0.3) is 0 Å². The van der Waals surface area contributed by atoms with Gasteiger partial charge in [0.1, 0.15) is 0 Å². The lowest BCUT2D eigenvalue weighted by molar-refractivity contribution is 0.410. The monoisotopic (exact) mass is 227 g/mol. The smallest absolute Gasteiger partial charge is 0.226 e. The van der Waals surface area contributed by atoms with Crippen LogP contribution in [0.5, 0.6) is 5.75 Å². The molecule has 4 nitrogen and oxygen atoms in total. The minimum Gasteiger partial charge on any atom is -0.494 e. The SMILES string of the molecule is COc1cnc(N2Cc3ccccc3C2)nc1. The van der Waals surface area contributed by atoms with Crippen molar-refractivity contribution < 1.29 is 4.74 Å². The average molecular weight is 227 g/mol. The van der Waals surface area contributed by atoms with Crippen LogP contribution < -0.4 is 9.64 Å². The van der Waals surface area contributed by atoms with E-state index in [1.165, 1.54) is 11.1 Å². The van der Waals surface area contributed by atoms with E-state index in [2.05, 4.69) is 39.1 Å². The van der Waals surface area contributed by atoms with E-state index in [0.29, 0.717) is 5.75 Å². The average Bonchev–Trinajstić information content (AvgIpc) is 2.82. The van der Waals surface area contributed by atoms with Crippen LogP contribution in [0.3, 0.4) is 0 Å². The Kier molecular flexibility index (Phi) is 2.40. The van der Waals surface area contributed by atoms with E-state index in [-0.39, 0.29) is 0 Å². The highest BCUT2D eigenvalue weighted by Gasteiger charge is 2.20. The van der Waals surface area contributed by atoms with Gasteiger partial charge in [-0.15, -0.1) is 0 Å². The topological polar surface area (TPSA) is 38.2 Å². The van der Waals surface area contributed by atoms with Crippen LogP contribution in [0, 0.1) is 0 Å². The molecule has 0 bridgehead atoms. The number of aromatic nitrogens is 2. The molecule has 4 heteroatoms. The molecule has 0 amide bonds. The van der Waals surface area contributed by atoms with Gasteiger partial charge in [-0.1, -0.05) is 24.3 Å². The van der Waals surface area contributed by atoms with Gasteiger partial charge in [0.05, 0.1) is 19.5 Å². The number of ether oxygens (including phenoxy) is 1. The standard InChI is InChI=1S/C13H13N3O/c1-17-12-6-14-13(15-7-12)16-8-10-4-2-3-5-11(10)9-16/h2-7H,8-9H2,1H3. The van der Waals surface area contributed by atoms with Gasteiger partial charge in [0.2, 0.25) is 5.95 Å². The van der Waals surface area contributed by atoms with Gasteiger partial charge in [-0.2, -0.15) is 0 Å². The van der Waals surface area contributed by atoms with Crippen LogP contribution in [0.15, 0.2) is 36.7 Å². The molecule has 2 aromatic rings. The van der Waals surface area contributed by atoms with Crippen molar-refractivity contribution in [2.45, 2.75) is 13.1 Å². The van der Waals surface area contributed by atoms with E-state index in [4.69, 9.17) is 4.74 Å². The van der Waals surface area contributed by atoms with Crippen LogP contribution >= 0.6 is 0 Å². The predicted molar refractivity (Wildman–Crippen MR) is 64.9 cm³/mol. The molecule has 1 aromatic heterocycles. The number of rotatable bonds is 2. The van der Waals surface area contributed by atoms with Crippen LogP contribution in [0.1, 0.15) is 11.1 Å². The van der Waals surface area contributed by atoms with Crippen molar-refractivity contribution >= 4 is 5.95 Å². The normalized spacial score (nSPS) is 13.6. The zero-order chi connectivity index (χ0) is 11.7. The molecule has 1 aliphatic heterocycles. The molecule has 2 heterocycles. The first-order chi connectivity index (χ1) is 8.36. The molecule has 86 valence electrons. The Morgan fingerprint density at radius 1 is 1.06 bits per heavy atom.